The Morgan fingerprint density at radius 2 is 1.20 bits per heavy atom. The monoisotopic (exact) mass is 533 g/mol. The summed E-state index contributed by atoms with van der Waals surface area (Å²) in [5.74, 6) is 1.18. The van der Waals surface area contributed by atoms with Gasteiger partial charge in [0.2, 0.25) is 5.95 Å². The van der Waals surface area contributed by atoms with Gasteiger partial charge in [-0.2, -0.15) is 0 Å². The van der Waals surface area contributed by atoms with E-state index in [0.717, 1.165) is 44.8 Å². The van der Waals surface area contributed by atoms with Gasteiger partial charge in [0.05, 0.1) is 11.0 Å². The quantitative estimate of drug-likeness (QED) is 0.253. The van der Waals surface area contributed by atoms with Gasteiger partial charge >= 0.3 is 0 Å². The maximum atomic E-state index is 5.25. The number of likely N-dealkylation sites (tertiary alicyclic amines) is 1. The SMILES string of the molecule is c1ccc(N2CCN(c3nc4ccccc4n3C3CCN(C4(c5ccccc5)CCCCCC4)CC3)CC2)cc1. The van der Waals surface area contributed by atoms with Crippen LogP contribution < -0.4 is 9.80 Å². The van der Waals surface area contributed by atoms with Crippen LogP contribution in [0.15, 0.2) is 84.9 Å². The maximum Gasteiger partial charge on any atom is 0.206 e. The lowest BCUT2D eigenvalue weighted by molar-refractivity contribution is 0.0361. The molecule has 1 aliphatic carbocycles. The highest BCUT2D eigenvalue weighted by atomic mass is 15.4. The number of fused-ring (bicyclic) bond motifs is 1. The van der Waals surface area contributed by atoms with Crippen molar-refractivity contribution in [3.63, 3.8) is 0 Å². The lowest BCUT2D eigenvalue weighted by Crippen LogP contribution is -2.50. The summed E-state index contributed by atoms with van der Waals surface area (Å²) >= 11 is 0. The summed E-state index contributed by atoms with van der Waals surface area (Å²) in [5, 5.41) is 0. The number of piperazine rings is 1. The smallest absolute Gasteiger partial charge is 0.206 e. The molecule has 2 aliphatic heterocycles. The summed E-state index contributed by atoms with van der Waals surface area (Å²) in [6.07, 6.45) is 10.4. The molecule has 0 atom stereocenters. The van der Waals surface area contributed by atoms with Gasteiger partial charge in [-0.15, -0.1) is 0 Å². The molecular formula is C35H43N5. The molecule has 3 heterocycles. The van der Waals surface area contributed by atoms with E-state index in [1.54, 1.807) is 5.56 Å². The van der Waals surface area contributed by atoms with E-state index in [4.69, 9.17) is 4.98 Å². The molecule has 1 saturated carbocycles. The van der Waals surface area contributed by atoms with Crippen LogP contribution in [0, 0.1) is 0 Å². The first-order chi connectivity index (χ1) is 19.8. The van der Waals surface area contributed by atoms with Gasteiger partial charge in [0, 0.05) is 56.5 Å². The predicted octanol–water partition coefficient (Wildman–Crippen LogP) is 7.25. The number of piperidine rings is 1. The molecule has 3 fully saturated rings. The van der Waals surface area contributed by atoms with Crippen LogP contribution in [-0.2, 0) is 5.54 Å². The third-order valence-electron chi connectivity index (χ3n) is 9.94. The second kappa shape index (κ2) is 11.3. The molecule has 2 saturated heterocycles. The van der Waals surface area contributed by atoms with Crippen molar-refractivity contribution in [2.75, 3.05) is 49.1 Å². The molecular weight excluding hydrogens is 490 g/mol. The van der Waals surface area contributed by atoms with Crippen LogP contribution in [-0.4, -0.2) is 53.7 Å². The molecule has 4 aromatic rings. The highest BCUT2D eigenvalue weighted by Gasteiger charge is 2.41. The Kier molecular flexibility index (Phi) is 7.24. The fourth-order valence-electron chi connectivity index (χ4n) is 7.82. The van der Waals surface area contributed by atoms with E-state index in [1.807, 2.05) is 0 Å². The van der Waals surface area contributed by atoms with Crippen LogP contribution in [0.2, 0.25) is 0 Å². The van der Waals surface area contributed by atoms with Crippen molar-refractivity contribution in [3.8, 4) is 0 Å². The fraction of sp³-hybridized carbons (Fsp3) is 0.457. The zero-order valence-corrected chi connectivity index (χ0v) is 23.8. The largest absolute Gasteiger partial charge is 0.368 e. The Labute approximate surface area is 239 Å². The van der Waals surface area contributed by atoms with Crippen LogP contribution in [0.3, 0.4) is 0 Å². The molecule has 5 nitrogen and oxygen atoms in total. The van der Waals surface area contributed by atoms with Crippen molar-refractivity contribution in [1.82, 2.24) is 14.5 Å². The molecule has 3 aromatic carbocycles. The van der Waals surface area contributed by atoms with Gasteiger partial charge in [0.25, 0.3) is 0 Å². The van der Waals surface area contributed by atoms with Crippen LogP contribution in [0.25, 0.3) is 11.0 Å². The summed E-state index contributed by atoms with van der Waals surface area (Å²) < 4.78 is 2.62. The lowest BCUT2D eigenvalue weighted by Gasteiger charge is -2.48. The van der Waals surface area contributed by atoms with Gasteiger partial charge < -0.3 is 14.4 Å². The molecule has 0 amide bonds. The molecule has 5 heteroatoms. The minimum absolute atomic E-state index is 0.205. The number of hydrogen-bond donors (Lipinski definition) is 0. The van der Waals surface area contributed by atoms with Crippen molar-refractivity contribution < 1.29 is 0 Å². The summed E-state index contributed by atoms with van der Waals surface area (Å²) in [4.78, 5) is 13.2. The number of nitrogens with zero attached hydrogens (tertiary/aromatic N) is 5. The maximum absolute atomic E-state index is 5.25. The van der Waals surface area contributed by atoms with E-state index < -0.39 is 0 Å². The molecule has 7 rings (SSSR count). The Morgan fingerprint density at radius 1 is 0.600 bits per heavy atom. The summed E-state index contributed by atoms with van der Waals surface area (Å²) in [5.41, 5.74) is 5.51. The number of para-hydroxylation sites is 3. The first-order valence-corrected chi connectivity index (χ1v) is 15.6. The van der Waals surface area contributed by atoms with E-state index >= 15 is 0 Å². The third-order valence-corrected chi connectivity index (χ3v) is 9.94. The fourth-order valence-corrected chi connectivity index (χ4v) is 7.82. The molecule has 0 spiro atoms. The van der Waals surface area contributed by atoms with Gasteiger partial charge in [-0.3, -0.25) is 4.90 Å². The minimum atomic E-state index is 0.205. The van der Waals surface area contributed by atoms with Crippen molar-refractivity contribution in [3.05, 3.63) is 90.5 Å². The topological polar surface area (TPSA) is 27.5 Å². The Balaban J connectivity index is 1.13. The zero-order chi connectivity index (χ0) is 26.8. The van der Waals surface area contributed by atoms with Crippen molar-refractivity contribution >= 4 is 22.7 Å². The van der Waals surface area contributed by atoms with Crippen molar-refractivity contribution in [2.45, 2.75) is 62.9 Å². The van der Waals surface area contributed by atoms with E-state index in [1.165, 1.54) is 68.5 Å². The first-order valence-electron chi connectivity index (χ1n) is 15.6. The third kappa shape index (κ3) is 4.79. The highest BCUT2D eigenvalue weighted by Crippen LogP contribution is 2.44. The average molecular weight is 534 g/mol. The Morgan fingerprint density at radius 3 is 1.90 bits per heavy atom. The molecule has 40 heavy (non-hydrogen) atoms. The van der Waals surface area contributed by atoms with Crippen molar-refractivity contribution in [2.24, 2.45) is 0 Å². The molecule has 1 aromatic heterocycles. The summed E-state index contributed by atoms with van der Waals surface area (Å²) in [6, 6.07) is 31.6. The second-order valence-corrected chi connectivity index (χ2v) is 12.1. The van der Waals surface area contributed by atoms with Gasteiger partial charge in [-0.05, 0) is 55.5 Å². The van der Waals surface area contributed by atoms with Gasteiger partial charge in [-0.1, -0.05) is 86.3 Å². The van der Waals surface area contributed by atoms with Gasteiger partial charge in [0.15, 0.2) is 0 Å². The number of benzene rings is 3. The van der Waals surface area contributed by atoms with Gasteiger partial charge in [-0.25, -0.2) is 4.98 Å². The number of anilines is 2. The molecule has 0 bridgehead atoms. The number of rotatable bonds is 5. The highest BCUT2D eigenvalue weighted by molar-refractivity contribution is 5.79. The molecule has 3 aliphatic rings. The molecule has 0 unspecified atom stereocenters. The van der Waals surface area contributed by atoms with E-state index in [2.05, 4.69) is 104 Å². The average Bonchev–Trinajstić information content (AvgIpc) is 3.24. The van der Waals surface area contributed by atoms with Gasteiger partial charge in [0.1, 0.15) is 0 Å². The van der Waals surface area contributed by atoms with Crippen LogP contribution >= 0.6 is 0 Å². The number of hydrogen-bond acceptors (Lipinski definition) is 4. The lowest BCUT2D eigenvalue weighted by atomic mass is 9.79. The molecule has 0 radical (unpaired) electrons. The predicted molar refractivity (Wildman–Crippen MR) is 166 cm³/mol. The standard InChI is InChI=1S/C35H43N5/c1-2-12-22-35(21-11-1,29-13-5-3-6-14-29)39-23-19-31(20-24-39)40-33-18-10-9-17-32(33)36-34(40)38-27-25-37(26-28-38)30-15-7-4-8-16-30/h3-10,13-18,31H,1-2,11-12,19-28H2. The van der Waals surface area contributed by atoms with E-state index in [-0.39, 0.29) is 5.54 Å². The second-order valence-electron chi connectivity index (χ2n) is 12.1. The summed E-state index contributed by atoms with van der Waals surface area (Å²) in [6.45, 7) is 6.40. The van der Waals surface area contributed by atoms with E-state index in [9.17, 15) is 0 Å². The zero-order valence-electron chi connectivity index (χ0n) is 23.8. The summed E-state index contributed by atoms with van der Waals surface area (Å²) in [7, 11) is 0. The van der Waals surface area contributed by atoms with E-state index in [0.29, 0.717) is 6.04 Å². The molecule has 0 N–H and O–H groups in total. The normalized spacial score (nSPS) is 21.0. The Hall–Kier alpha value is -3.31. The molecule has 208 valence electrons. The first kappa shape index (κ1) is 25.6. The van der Waals surface area contributed by atoms with Crippen LogP contribution in [0.1, 0.15) is 63.0 Å². The number of aromatic nitrogens is 2. The van der Waals surface area contributed by atoms with Crippen LogP contribution in [0.5, 0.6) is 0 Å². The Bertz CT molecular complexity index is 1370. The van der Waals surface area contributed by atoms with Crippen LogP contribution in [0.4, 0.5) is 11.6 Å². The van der Waals surface area contributed by atoms with Crippen molar-refractivity contribution in [1.29, 1.82) is 0 Å². The number of imidazole rings is 1. The minimum Gasteiger partial charge on any atom is -0.368 e.